The second kappa shape index (κ2) is 7.36. The summed E-state index contributed by atoms with van der Waals surface area (Å²) in [7, 11) is 0. The molecule has 0 spiro atoms. The van der Waals surface area contributed by atoms with Gasteiger partial charge >= 0.3 is 6.18 Å². The van der Waals surface area contributed by atoms with Gasteiger partial charge in [-0.3, -0.25) is 4.90 Å². The van der Waals surface area contributed by atoms with Crippen molar-refractivity contribution in [3.05, 3.63) is 34.1 Å². The van der Waals surface area contributed by atoms with E-state index in [0.717, 1.165) is 25.6 Å². The maximum absolute atomic E-state index is 14.5. The number of alkyl halides is 3. The monoisotopic (exact) mass is 352 g/mol. The van der Waals surface area contributed by atoms with E-state index in [4.69, 9.17) is 11.6 Å². The predicted octanol–water partition coefficient (Wildman–Crippen LogP) is 4.49. The van der Waals surface area contributed by atoms with Crippen molar-refractivity contribution >= 4 is 11.6 Å². The Hall–Kier alpha value is -0.850. The lowest BCUT2D eigenvalue weighted by molar-refractivity contribution is -0.137. The van der Waals surface area contributed by atoms with Crippen LogP contribution in [0.15, 0.2) is 12.1 Å². The van der Waals surface area contributed by atoms with Gasteiger partial charge in [-0.1, -0.05) is 31.9 Å². The second-order valence-corrected chi connectivity index (χ2v) is 6.38. The largest absolute Gasteiger partial charge is 0.416 e. The number of nitrogens with one attached hydrogen (secondary N) is 1. The van der Waals surface area contributed by atoms with Crippen LogP contribution in [0, 0.1) is 11.7 Å². The molecule has 0 aromatic heterocycles. The number of piperazine rings is 1. The van der Waals surface area contributed by atoms with E-state index < -0.39 is 28.6 Å². The maximum atomic E-state index is 14.5. The summed E-state index contributed by atoms with van der Waals surface area (Å²) in [6, 6.07) is 1.16. The van der Waals surface area contributed by atoms with Crippen molar-refractivity contribution in [1.82, 2.24) is 10.2 Å². The van der Waals surface area contributed by atoms with Crippen molar-refractivity contribution in [3.8, 4) is 0 Å². The normalized spacial score (nSPS) is 19.6. The summed E-state index contributed by atoms with van der Waals surface area (Å²) < 4.78 is 53.7. The SMILES string of the molecule is CCC(C)[C@H](c1cc(C(F)(F)F)cc(Cl)c1F)N1CCNCC1. The molecule has 0 bridgehead atoms. The van der Waals surface area contributed by atoms with Crippen LogP contribution < -0.4 is 5.32 Å². The van der Waals surface area contributed by atoms with Crippen LogP contribution in [0.3, 0.4) is 0 Å². The molecule has 2 atom stereocenters. The molecule has 130 valence electrons. The van der Waals surface area contributed by atoms with Gasteiger partial charge in [0.1, 0.15) is 5.82 Å². The van der Waals surface area contributed by atoms with Gasteiger partial charge in [-0.25, -0.2) is 4.39 Å². The van der Waals surface area contributed by atoms with Crippen LogP contribution in [0.25, 0.3) is 0 Å². The minimum Gasteiger partial charge on any atom is -0.314 e. The van der Waals surface area contributed by atoms with Gasteiger partial charge in [-0.05, 0) is 18.1 Å². The first-order valence-corrected chi connectivity index (χ1v) is 8.14. The Kier molecular flexibility index (Phi) is 5.92. The van der Waals surface area contributed by atoms with Crippen LogP contribution in [0.1, 0.15) is 37.4 Å². The van der Waals surface area contributed by atoms with Gasteiger partial charge in [-0.2, -0.15) is 13.2 Å². The molecule has 1 N–H and O–H groups in total. The van der Waals surface area contributed by atoms with Gasteiger partial charge in [0, 0.05) is 37.8 Å². The standard InChI is InChI=1S/C16H21ClF4N2/c1-3-10(2)15(23-6-4-22-5-7-23)12-8-11(16(19,20)21)9-13(17)14(12)18/h8-10,15,22H,3-7H2,1-2H3/t10?,15-/m1/s1. The van der Waals surface area contributed by atoms with Crippen LogP contribution in [-0.2, 0) is 6.18 Å². The molecule has 1 aliphatic rings. The van der Waals surface area contributed by atoms with Crippen LogP contribution in [-0.4, -0.2) is 31.1 Å². The number of halogens is 5. The number of rotatable bonds is 4. The maximum Gasteiger partial charge on any atom is 0.416 e. The molecule has 1 unspecified atom stereocenters. The molecule has 2 rings (SSSR count). The van der Waals surface area contributed by atoms with Gasteiger partial charge < -0.3 is 5.32 Å². The van der Waals surface area contributed by atoms with E-state index in [9.17, 15) is 17.6 Å². The molecule has 2 nitrogen and oxygen atoms in total. The highest BCUT2D eigenvalue weighted by Crippen LogP contribution is 2.39. The van der Waals surface area contributed by atoms with Crippen LogP contribution in [0.4, 0.5) is 17.6 Å². The minimum atomic E-state index is -4.55. The molecule has 1 fully saturated rings. The van der Waals surface area contributed by atoms with Crippen LogP contribution in [0.2, 0.25) is 5.02 Å². The van der Waals surface area contributed by atoms with Gasteiger partial charge in [0.2, 0.25) is 0 Å². The summed E-state index contributed by atoms with van der Waals surface area (Å²) >= 11 is 5.75. The quantitative estimate of drug-likeness (QED) is 0.803. The van der Waals surface area contributed by atoms with Crippen molar-refractivity contribution in [3.63, 3.8) is 0 Å². The van der Waals surface area contributed by atoms with Crippen molar-refractivity contribution in [2.45, 2.75) is 32.5 Å². The average Bonchev–Trinajstić information content (AvgIpc) is 2.51. The number of nitrogens with zero attached hydrogens (tertiary/aromatic N) is 1. The van der Waals surface area contributed by atoms with Crippen molar-refractivity contribution < 1.29 is 17.6 Å². The van der Waals surface area contributed by atoms with E-state index in [1.807, 2.05) is 18.7 Å². The Morgan fingerprint density at radius 2 is 1.87 bits per heavy atom. The molecule has 0 saturated carbocycles. The summed E-state index contributed by atoms with van der Waals surface area (Å²) in [6.45, 7) is 6.69. The van der Waals surface area contributed by atoms with Crippen LogP contribution in [0.5, 0.6) is 0 Å². The van der Waals surface area contributed by atoms with Crippen molar-refractivity contribution in [1.29, 1.82) is 0 Å². The first kappa shape index (κ1) is 18.5. The average molecular weight is 353 g/mol. The Morgan fingerprint density at radius 1 is 1.26 bits per heavy atom. The predicted molar refractivity (Wildman–Crippen MR) is 83.1 cm³/mol. The molecule has 1 aliphatic heterocycles. The molecule has 1 aromatic rings. The van der Waals surface area contributed by atoms with Gasteiger partial charge in [0.05, 0.1) is 10.6 Å². The first-order valence-electron chi connectivity index (χ1n) is 7.76. The van der Waals surface area contributed by atoms with Crippen LogP contribution >= 0.6 is 11.6 Å². The Morgan fingerprint density at radius 3 is 2.39 bits per heavy atom. The Labute approximate surface area is 138 Å². The zero-order chi connectivity index (χ0) is 17.2. The van der Waals surface area contributed by atoms with Gasteiger partial charge in [-0.15, -0.1) is 0 Å². The van der Waals surface area contributed by atoms with E-state index in [1.165, 1.54) is 0 Å². The highest BCUT2D eigenvalue weighted by Gasteiger charge is 2.35. The first-order chi connectivity index (χ1) is 10.8. The summed E-state index contributed by atoms with van der Waals surface area (Å²) in [5.74, 6) is -0.731. The smallest absolute Gasteiger partial charge is 0.314 e. The summed E-state index contributed by atoms with van der Waals surface area (Å²) in [5, 5.41) is 2.72. The Bertz CT molecular complexity index is 542. The third kappa shape index (κ3) is 4.17. The lowest BCUT2D eigenvalue weighted by atomic mass is 9.89. The molecule has 0 aliphatic carbocycles. The fourth-order valence-corrected chi connectivity index (χ4v) is 3.26. The molecule has 0 amide bonds. The van der Waals surface area contributed by atoms with Gasteiger partial charge in [0.25, 0.3) is 0 Å². The van der Waals surface area contributed by atoms with Crippen molar-refractivity contribution in [2.75, 3.05) is 26.2 Å². The molecule has 7 heteroatoms. The fraction of sp³-hybridized carbons (Fsp3) is 0.625. The Balaban J connectivity index is 2.50. The van der Waals surface area contributed by atoms with E-state index in [1.54, 1.807) is 0 Å². The van der Waals surface area contributed by atoms with E-state index in [-0.39, 0.29) is 11.5 Å². The third-order valence-electron chi connectivity index (χ3n) is 4.43. The van der Waals surface area contributed by atoms with E-state index >= 15 is 0 Å². The third-order valence-corrected chi connectivity index (χ3v) is 4.71. The molecule has 1 heterocycles. The molecular weight excluding hydrogens is 332 g/mol. The molecule has 23 heavy (non-hydrogen) atoms. The van der Waals surface area contributed by atoms with E-state index in [2.05, 4.69) is 5.32 Å². The number of benzene rings is 1. The molecular formula is C16H21ClF4N2. The zero-order valence-corrected chi connectivity index (χ0v) is 13.9. The molecule has 0 radical (unpaired) electrons. The zero-order valence-electron chi connectivity index (χ0n) is 13.2. The second-order valence-electron chi connectivity index (χ2n) is 5.98. The number of hydrogen-bond donors (Lipinski definition) is 1. The summed E-state index contributed by atoms with van der Waals surface area (Å²) in [6.07, 6.45) is -3.81. The van der Waals surface area contributed by atoms with E-state index in [0.29, 0.717) is 19.2 Å². The lowest BCUT2D eigenvalue weighted by Gasteiger charge is -2.38. The minimum absolute atomic E-state index is 0.0159. The highest BCUT2D eigenvalue weighted by atomic mass is 35.5. The summed E-state index contributed by atoms with van der Waals surface area (Å²) in [4.78, 5) is 2.04. The lowest BCUT2D eigenvalue weighted by Crippen LogP contribution is -2.46. The molecule has 1 aromatic carbocycles. The topological polar surface area (TPSA) is 15.3 Å². The van der Waals surface area contributed by atoms with Crippen molar-refractivity contribution in [2.24, 2.45) is 5.92 Å². The number of hydrogen-bond acceptors (Lipinski definition) is 2. The van der Waals surface area contributed by atoms with Gasteiger partial charge in [0.15, 0.2) is 0 Å². The molecule has 1 saturated heterocycles. The fourth-order valence-electron chi connectivity index (χ4n) is 3.04. The highest BCUT2D eigenvalue weighted by molar-refractivity contribution is 6.30. The summed E-state index contributed by atoms with van der Waals surface area (Å²) in [5.41, 5.74) is -0.858.